The van der Waals surface area contributed by atoms with E-state index in [0.717, 1.165) is 5.56 Å². The molecule has 7 heteroatoms. The van der Waals surface area contributed by atoms with Crippen LogP contribution in [0.5, 0.6) is 11.5 Å². The van der Waals surface area contributed by atoms with Gasteiger partial charge in [-0.1, -0.05) is 30.3 Å². The van der Waals surface area contributed by atoms with Crippen molar-refractivity contribution in [1.29, 1.82) is 0 Å². The molecule has 148 valence electrons. The summed E-state index contributed by atoms with van der Waals surface area (Å²) in [5, 5.41) is 9.69. The van der Waals surface area contributed by atoms with Gasteiger partial charge >= 0.3 is 12.1 Å². The Morgan fingerprint density at radius 3 is 2.46 bits per heavy atom. The maximum absolute atomic E-state index is 12.5. The number of hydrogen-bond acceptors (Lipinski definition) is 5. The number of rotatable bonds is 6. The minimum atomic E-state index is -0.965. The van der Waals surface area contributed by atoms with Gasteiger partial charge in [0.25, 0.3) is 0 Å². The molecular weight excluding hydrogens is 362 g/mol. The van der Waals surface area contributed by atoms with E-state index in [1.165, 1.54) is 12.0 Å². The summed E-state index contributed by atoms with van der Waals surface area (Å²) >= 11 is 0. The first-order valence-corrected chi connectivity index (χ1v) is 8.93. The van der Waals surface area contributed by atoms with Crippen molar-refractivity contribution in [2.45, 2.75) is 12.5 Å². The number of amides is 1. The van der Waals surface area contributed by atoms with E-state index < -0.39 is 23.9 Å². The number of carboxylic acid groups (broad SMARTS) is 1. The van der Waals surface area contributed by atoms with E-state index in [1.54, 1.807) is 25.3 Å². The molecule has 2 aromatic carbocycles. The number of benzene rings is 2. The molecule has 1 amide bonds. The number of carbonyl (C=O) groups excluding carboxylic acids is 1. The third kappa shape index (κ3) is 4.19. The Morgan fingerprint density at radius 2 is 1.82 bits per heavy atom. The summed E-state index contributed by atoms with van der Waals surface area (Å²) in [5.74, 6) is -0.980. The summed E-state index contributed by atoms with van der Waals surface area (Å²) in [6.07, 6.45) is -0.528. The zero-order valence-corrected chi connectivity index (χ0v) is 15.8. The Kier molecular flexibility index (Phi) is 6.03. The van der Waals surface area contributed by atoms with Crippen molar-refractivity contribution >= 4 is 12.1 Å². The molecule has 1 aliphatic heterocycles. The molecule has 0 bridgehead atoms. The van der Waals surface area contributed by atoms with Crippen molar-refractivity contribution < 1.29 is 28.9 Å². The first-order chi connectivity index (χ1) is 13.5. The van der Waals surface area contributed by atoms with Crippen LogP contribution in [-0.4, -0.2) is 49.4 Å². The number of carboxylic acids is 1. The van der Waals surface area contributed by atoms with Gasteiger partial charge < -0.3 is 24.2 Å². The fourth-order valence-electron chi connectivity index (χ4n) is 3.46. The highest BCUT2D eigenvalue weighted by atomic mass is 16.6. The lowest BCUT2D eigenvalue weighted by atomic mass is 9.88. The molecule has 2 atom stereocenters. The van der Waals surface area contributed by atoms with Crippen molar-refractivity contribution in [2.75, 3.05) is 27.3 Å². The maximum Gasteiger partial charge on any atom is 0.410 e. The number of ether oxygens (including phenoxy) is 3. The van der Waals surface area contributed by atoms with Gasteiger partial charge in [-0.25, -0.2) is 4.79 Å². The van der Waals surface area contributed by atoms with Gasteiger partial charge in [-0.05, 0) is 23.8 Å². The quantitative estimate of drug-likeness (QED) is 0.822. The van der Waals surface area contributed by atoms with Crippen LogP contribution in [0.1, 0.15) is 17.0 Å². The molecule has 0 radical (unpaired) electrons. The van der Waals surface area contributed by atoms with E-state index in [2.05, 4.69) is 0 Å². The second-order valence-electron chi connectivity index (χ2n) is 6.60. The zero-order chi connectivity index (χ0) is 20.1. The first-order valence-electron chi connectivity index (χ1n) is 8.93. The predicted octanol–water partition coefficient (Wildman–Crippen LogP) is 3.14. The molecule has 28 heavy (non-hydrogen) atoms. The topological polar surface area (TPSA) is 85.3 Å². The average Bonchev–Trinajstić information content (AvgIpc) is 3.18. The fraction of sp³-hybridized carbons (Fsp3) is 0.333. The number of nitrogens with zero attached hydrogens (tertiary/aromatic N) is 1. The van der Waals surface area contributed by atoms with Gasteiger partial charge in [-0.3, -0.25) is 4.79 Å². The smallest absolute Gasteiger partial charge is 0.410 e. The van der Waals surface area contributed by atoms with Crippen LogP contribution in [0, 0.1) is 5.92 Å². The third-order valence-electron chi connectivity index (χ3n) is 4.94. The van der Waals surface area contributed by atoms with E-state index in [9.17, 15) is 14.7 Å². The lowest BCUT2D eigenvalue weighted by Crippen LogP contribution is -2.30. The van der Waals surface area contributed by atoms with Crippen molar-refractivity contribution in [3.63, 3.8) is 0 Å². The molecule has 0 saturated carbocycles. The standard InChI is InChI=1S/C21H23NO6/c1-26-15-8-9-19(27-2)16(10-15)17-11-22(12-18(17)20(23)24)21(25)28-13-14-6-4-3-5-7-14/h3-10,17-18H,11-13H2,1-2H3,(H,23,24). The highest BCUT2D eigenvalue weighted by Gasteiger charge is 2.42. The van der Waals surface area contributed by atoms with Gasteiger partial charge in [-0.2, -0.15) is 0 Å². The second-order valence-corrected chi connectivity index (χ2v) is 6.60. The summed E-state index contributed by atoms with van der Waals surface area (Å²) in [6, 6.07) is 14.6. The normalized spacial score (nSPS) is 18.6. The third-order valence-corrected chi connectivity index (χ3v) is 4.94. The Hall–Kier alpha value is -3.22. The largest absolute Gasteiger partial charge is 0.497 e. The van der Waals surface area contributed by atoms with Gasteiger partial charge in [0, 0.05) is 24.6 Å². The highest BCUT2D eigenvalue weighted by Crippen LogP contribution is 2.39. The predicted molar refractivity (Wildman–Crippen MR) is 102 cm³/mol. The summed E-state index contributed by atoms with van der Waals surface area (Å²) < 4.78 is 16.0. The Balaban J connectivity index is 1.77. The van der Waals surface area contributed by atoms with E-state index >= 15 is 0 Å². The van der Waals surface area contributed by atoms with Crippen molar-refractivity contribution in [2.24, 2.45) is 5.92 Å². The Labute approximate surface area is 163 Å². The van der Waals surface area contributed by atoms with Gasteiger partial charge in [0.15, 0.2) is 0 Å². The first kappa shape index (κ1) is 19.5. The van der Waals surface area contributed by atoms with Crippen molar-refractivity contribution in [3.05, 3.63) is 59.7 Å². The summed E-state index contributed by atoms with van der Waals surface area (Å²) in [6.45, 7) is 0.448. The number of carbonyl (C=O) groups is 2. The molecule has 0 aromatic heterocycles. The fourth-order valence-corrected chi connectivity index (χ4v) is 3.46. The number of methoxy groups -OCH3 is 2. The lowest BCUT2D eigenvalue weighted by molar-refractivity contribution is -0.141. The molecule has 2 unspecified atom stereocenters. The Morgan fingerprint density at radius 1 is 1.07 bits per heavy atom. The van der Waals surface area contributed by atoms with Gasteiger partial charge in [0.1, 0.15) is 18.1 Å². The summed E-state index contributed by atoms with van der Waals surface area (Å²) in [5.41, 5.74) is 1.57. The van der Waals surface area contributed by atoms with Crippen LogP contribution in [0.25, 0.3) is 0 Å². The van der Waals surface area contributed by atoms with Crippen LogP contribution in [-0.2, 0) is 16.1 Å². The summed E-state index contributed by atoms with van der Waals surface area (Å²) in [7, 11) is 3.07. The SMILES string of the molecule is COc1ccc(OC)c(C2CN(C(=O)OCc3ccccc3)CC2C(=O)O)c1. The minimum Gasteiger partial charge on any atom is -0.497 e. The lowest BCUT2D eigenvalue weighted by Gasteiger charge is -2.19. The molecule has 1 heterocycles. The molecule has 1 fully saturated rings. The van der Waals surface area contributed by atoms with E-state index in [1.807, 2.05) is 30.3 Å². The molecule has 1 aliphatic rings. The number of aliphatic carboxylic acids is 1. The van der Waals surface area contributed by atoms with Crippen molar-refractivity contribution in [1.82, 2.24) is 4.90 Å². The summed E-state index contributed by atoms with van der Waals surface area (Å²) in [4.78, 5) is 25.8. The molecule has 0 spiro atoms. The molecule has 1 N–H and O–H groups in total. The second kappa shape index (κ2) is 8.65. The monoisotopic (exact) mass is 385 g/mol. The van der Waals surface area contributed by atoms with Crippen LogP contribution in [0.3, 0.4) is 0 Å². The Bertz CT molecular complexity index is 838. The minimum absolute atomic E-state index is 0.0774. The average molecular weight is 385 g/mol. The maximum atomic E-state index is 12.5. The van der Waals surface area contributed by atoms with Crippen LogP contribution < -0.4 is 9.47 Å². The van der Waals surface area contributed by atoms with E-state index in [4.69, 9.17) is 14.2 Å². The molecule has 0 aliphatic carbocycles. The van der Waals surface area contributed by atoms with Crippen LogP contribution >= 0.6 is 0 Å². The van der Waals surface area contributed by atoms with Gasteiger partial charge in [0.2, 0.25) is 0 Å². The number of hydrogen-bond donors (Lipinski definition) is 1. The molecule has 3 rings (SSSR count). The highest BCUT2D eigenvalue weighted by molar-refractivity contribution is 5.76. The zero-order valence-electron chi connectivity index (χ0n) is 15.8. The van der Waals surface area contributed by atoms with Crippen LogP contribution in [0.4, 0.5) is 4.79 Å². The van der Waals surface area contributed by atoms with Crippen LogP contribution in [0.2, 0.25) is 0 Å². The molecule has 2 aromatic rings. The van der Waals surface area contributed by atoms with Crippen LogP contribution in [0.15, 0.2) is 48.5 Å². The van der Waals surface area contributed by atoms with E-state index in [-0.39, 0.29) is 19.7 Å². The van der Waals surface area contributed by atoms with Gasteiger partial charge in [-0.15, -0.1) is 0 Å². The van der Waals surface area contributed by atoms with Crippen molar-refractivity contribution in [3.8, 4) is 11.5 Å². The number of likely N-dealkylation sites (tertiary alicyclic amines) is 1. The van der Waals surface area contributed by atoms with Gasteiger partial charge in [0.05, 0.1) is 20.1 Å². The molecular formula is C21H23NO6. The molecule has 7 nitrogen and oxygen atoms in total. The molecule has 1 saturated heterocycles. The van der Waals surface area contributed by atoms with E-state index in [0.29, 0.717) is 17.1 Å².